The summed E-state index contributed by atoms with van der Waals surface area (Å²) in [6.45, 7) is 15.3. The molecule has 0 aromatic heterocycles. The fraction of sp³-hybridized carbons (Fsp3) is 0.667. The van der Waals surface area contributed by atoms with Crippen LogP contribution in [0.2, 0.25) is 0 Å². The van der Waals surface area contributed by atoms with Gasteiger partial charge in [0.25, 0.3) is 0 Å². The van der Waals surface area contributed by atoms with Gasteiger partial charge in [-0.3, -0.25) is 0 Å². The molecule has 3 heteroatoms. The molecule has 2 nitrogen and oxygen atoms in total. The highest BCUT2D eigenvalue weighted by molar-refractivity contribution is 8.34. The van der Waals surface area contributed by atoms with Crippen LogP contribution in [0.4, 0.5) is 0 Å². The van der Waals surface area contributed by atoms with E-state index >= 15 is 0 Å². The van der Waals surface area contributed by atoms with Crippen molar-refractivity contribution in [2.75, 3.05) is 11.9 Å². The highest BCUT2D eigenvalue weighted by Crippen LogP contribution is 2.65. The maximum Gasteiger partial charge on any atom is 0.0834 e. The van der Waals surface area contributed by atoms with Crippen LogP contribution in [-0.4, -0.2) is 28.8 Å². The molecule has 0 fully saturated rings. The van der Waals surface area contributed by atoms with Gasteiger partial charge in [0.15, 0.2) is 0 Å². The lowest BCUT2D eigenvalue weighted by Gasteiger charge is -2.50. The average Bonchev–Trinajstić information content (AvgIpc) is 2.38. The van der Waals surface area contributed by atoms with Crippen LogP contribution >= 0.6 is 10.0 Å². The van der Waals surface area contributed by atoms with E-state index in [1.165, 1.54) is 4.90 Å². The van der Waals surface area contributed by atoms with Crippen molar-refractivity contribution in [1.82, 2.24) is 0 Å². The Bertz CT molecular complexity index is 395. The zero-order valence-electron chi connectivity index (χ0n) is 14.7. The first-order valence-corrected chi connectivity index (χ1v) is 9.73. The third kappa shape index (κ3) is 5.01. The maximum atomic E-state index is 6.08. The van der Waals surface area contributed by atoms with Gasteiger partial charge in [-0.1, -0.05) is 39.0 Å². The molecule has 0 aliphatic heterocycles. The van der Waals surface area contributed by atoms with E-state index in [-0.39, 0.29) is 17.0 Å². The molecule has 0 amide bonds. The number of ether oxygens (including phenoxy) is 2. The molecular weight excluding hydrogens is 280 g/mol. The van der Waals surface area contributed by atoms with Crippen LogP contribution in [-0.2, 0) is 9.47 Å². The van der Waals surface area contributed by atoms with Crippen LogP contribution in [0.3, 0.4) is 0 Å². The van der Waals surface area contributed by atoms with Crippen molar-refractivity contribution in [3.8, 4) is 0 Å². The Hall–Kier alpha value is -0.510. The van der Waals surface area contributed by atoms with Gasteiger partial charge in [0, 0.05) is 0 Å². The van der Waals surface area contributed by atoms with E-state index in [0.717, 1.165) is 11.9 Å². The van der Waals surface area contributed by atoms with Crippen molar-refractivity contribution in [2.24, 2.45) is 0 Å². The Labute approximate surface area is 132 Å². The molecule has 1 aromatic rings. The minimum atomic E-state index is -1.23. The summed E-state index contributed by atoms with van der Waals surface area (Å²) >= 11 is 0. The lowest BCUT2D eigenvalue weighted by molar-refractivity contribution is 0.102. The third-order valence-electron chi connectivity index (χ3n) is 3.57. The second-order valence-corrected chi connectivity index (χ2v) is 10.9. The summed E-state index contributed by atoms with van der Waals surface area (Å²) in [5.41, 5.74) is 0. The van der Waals surface area contributed by atoms with E-state index in [1.54, 1.807) is 0 Å². The van der Waals surface area contributed by atoms with E-state index in [1.807, 2.05) is 0 Å². The largest absolute Gasteiger partial charge is 0.369 e. The number of rotatable bonds is 7. The van der Waals surface area contributed by atoms with E-state index in [4.69, 9.17) is 9.47 Å². The molecule has 0 atom stereocenters. The summed E-state index contributed by atoms with van der Waals surface area (Å²) < 4.78 is 12.3. The van der Waals surface area contributed by atoms with E-state index < -0.39 is 10.0 Å². The Morgan fingerprint density at radius 2 is 1.29 bits per heavy atom. The summed E-state index contributed by atoms with van der Waals surface area (Å²) in [5.74, 6) is 1.51. The van der Waals surface area contributed by atoms with Crippen LogP contribution in [0.5, 0.6) is 0 Å². The third-order valence-corrected chi connectivity index (χ3v) is 8.17. The average molecular weight is 313 g/mol. The first kappa shape index (κ1) is 18.5. The van der Waals surface area contributed by atoms with Gasteiger partial charge >= 0.3 is 0 Å². The molecule has 0 aliphatic rings. The van der Waals surface area contributed by atoms with Crippen molar-refractivity contribution in [2.45, 2.75) is 70.3 Å². The fourth-order valence-corrected chi connectivity index (χ4v) is 5.50. The first-order chi connectivity index (χ1) is 9.69. The van der Waals surface area contributed by atoms with Gasteiger partial charge in [-0.25, -0.2) is 0 Å². The highest BCUT2D eigenvalue weighted by Gasteiger charge is 2.39. The number of hydrogen-bond donors (Lipinski definition) is 0. The molecule has 0 bridgehead atoms. The normalized spacial score (nSPS) is 14.0. The first-order valence-electron chi connectivity index (χ1n) is 7.75. The highest BCUT2D eigenvalue weighted by atomic mass is 32.3. The molecule has 0 N–H and O–H groups in total. The van der Waals surface area contributed by atoms with Gasteiger partial charge in [0.2, 0.25) is 0 Å². The predicted octanol–water partition coefficient (Wildman–Crippen LogP) is 5.41. The minimum absolute atomic E-state index is 0.123. The monoisotopic (exact) mass is 312 g/mol. The van der Waals surface area contributed by atoms with E-state index in [0.29, 0.717) is 0 Å². The van der Waals surface area contributed by atoms with Gasteiger partial charge < -0.3 is 9.47 Å². The van der Waals surface area contributed by atoms with Crippen LogP contribution < -0.4 is 0 Å². The van der Waals surface area contributed by atoms with E-state index in [9.17, 15) is 0 Å². The number of benzene rings is 1. The molecule has 1 rings (SSSR count). The van der Waals surface area contributed by atoms with Gasteiger partial charge in [-0.05, 0) is 49.5 Å². The van der Waals surface area contributed by atoms with Crippen LogP contribution in [0.25, 0.3) is 0 Å². The standard InChI is InChI=1S/C18H32O2S/c1-15(2)19-13-21(18(5,6)7,14-20-16(3)4)17-11-9-8-10-12-17/h8-12,15-16H,13-14H2,1-7H3. The molecule has 0 saturated carbocycles. The maximum absolute atomic E-state index is 6.08. The van der Waals surface area contributed by atoms with Gasteiger partial charge in [0.05, 0.1) is 24.1 Å². The molecule has 122 valence electrons. The lowest BCUT2D eigenvalue weighted by Crippen LogP contribution is -2.33. The summed E-state index contributed by atoms with van der Waals surface area (Å²) in [7, 11) is -1.23. The summed E-state index contributed by atoms with van der Waals surface area (Å²) in [4.78, 5) is 1.37. The molecule has 1 aromatic carbocycles. The molecule has 0 aliphatic carbocycles. The second-order valence-electron chi connectivity index (χ2n) is 6.98. The van der Waals surface area contributed by atoms with Crippen molar-refractivity contribution < 1.29 is 9.47 Å². The van der Waals surface area contributed by atoms with Crippen molar-refractivity contribution in [3.05, 3.63) is 30.3 Å². The zero-order valence-corrected chi connectivity index (χ0v) is 15.5. The topological polar surface area (TPSA) is 18.5 Å². The Kier molecular flexibility index (Phi) is 6.76. The van der Waals surface area contributed by atoms with Crippen LogP contribution in [0, 0.1) is 0 Å². The quantitative estimate of drug-likeness (QED) is 0.670. The van der Waals surface area contributed by atoms with Crippen molar-refractivity contribution >= 4 is 10.0 Å². The zero-order chi connectivity index (χ0) is 16.1. The second kappa shape index (κ2) is 7.66. The minimum Gasteiger partial charge on any atom is -0.369 e. The SMILES string of the molecule is CC(C)OCS(COC(C)C)(c1ccccc1)C(C)(C)C. The van der Waals surface area contributed by atoms with E-state index in [2.05, 4.69) is 78.8 Å². The van der Waals surface area contributed by atoms with Crippen molar-refractivity contribution in [1.29, 1.82) is 0 Å². The summed E-state index contributed by atoms with van der Waals surface area (Å²) in [5, 5.41) is 0. The fourth-order valence-electron chi connectivity index (χ4n) is 2.06. The number of hydrogen-bond acceptors (Lipinski definition) is 2. The Balaban J connectivity index is 3.20. The van der Waals surface area contributed by atoms with Crippen molar-refractivity contribution in [3.63, 3.8) is 0 Å². The predicted molar refractivity (Wildman–Crippen MR) is 94.2 cm³/mol. The van der Waals surface area contributed by atoms with Gasteiger partial charge in [-0.15, -0.1) is 0 Å². The molecule has 21 heavy (non-hydrogen) atoms. The van der Waals surface area contributed by atoms with Gasteiger partial charge in [-0.2, -0.15) is 10.0 Å². The summed E-state index contributed by atoms with van der Waals surface area (Å²) in [6, 6.07) is 10.8. The Morgan fingerprint density at radius 3 is 1.62 bits per heavy atom. The Morgan fingerprint density at radius 1 is 0.857 bits per heavy atom. The van der Waals surface area contributed by atoms with Crippen LogP contribution in [0.15, 0.2) is 35.2 Å². The van der Waals surface area contributed by atoms with Gasteiger partial charge in [0.1, 0.15) is 0 Å². The molecule has 0 saturated heterocycles. The smallest absolute Gasteiger partial charge is 0.0834 e. The molecule has 0 radical (unpaired) electrons. The molecule has 0 unspecified atom stereocenters. The summed E-state index contributed by atoms with van der Waals surface area (Å²) in [6.07, 6.45) is 0.476. The lowest BCUT2D eigenvalue weighted by atomic mass is 10.3. The molecule has 0 spiro atoms. The molecule has 0 heterocycles. The van der Waals surface area contributed by atoms with Crippen LogP contribution in [0.1, 0.15) is 48.5 Å². The molecular formula is C18H32O2S.